The molecule has 0 aromatic carbocycles. The molecule has 0 spiro atoms. The summed E-state index contributed by atoms with van der Waals surface area (Å²) in [6.45, 7) is 3.07. The van der Waals surface area contributed by atoms with Crippen molar-refractivity contribution in [1.82, 2.24) is 14.9 Å². The highest BCUT2D eigenvalue weighted by Gasteiger charge is 2.27. The minimum atomic E-state index is 0.199. The van der Waals surface area contributed by atoms with Crippen LogP contribution in [0.5, 0.6) is 0 Å². The van der Waals surface area contributed by atoms with E-state index >= 15 is 0 Å². The zero-order valence-corrected chi connectivity index (χ0v) is 9.63. The topological polar surface area (TPSA) is 53.6 Å². The van der Waals surface area contributed by atoms with E-state index in [1.165, 1.54) is 6.42 Å². The number of nitrogens with one attached hydrogen (secondary N) is 1. The molecule has 4 nitrogen and oxygen atoms in total. The third-order valence-corrected chi connectivity index (χ3v) is 3.22. The molecule has 1 heterocycles. The highest BCUT2D eigenvalue weighted by Crippen LogP contribution is 2.25. The Bertz CT molecular complexity index is 352. The van der Waals surface area contributed by atoms with Gasteiger partial charge in [-0.25, -0.2) is 4.98 Å². The lowest BCUT2D eigenvalue weighted by atomic mass is 10.1. The van der Waals surface area contributed by atoms with Gasteiger partial charge in [0.15, 0.2) is 0 Å². The van der Waals surface area contributed by atoms with Crippen LogP contribution in [0.3, 0.4) is 0 Å². The molecule has 0 aliphatic heterocycles. The maximum Gasteiger partial charge on any atom is 0.0946 e. The normalized spacial score (nSPS) is 26.5. The highest BCUT2D eigenvalue weighted by atomic mass is 15.1. The number of imidazole rings is 1. The Kier molecular flexibility index (Phi) is 3.58. The second-order valence-electron chi connectivity index (χ2n) is 4.60. The maximum atomic E-state index is 9.00. The number of aromatic nitrogens is 2. The standard InChI is InChI=1S/C12H18N4/c1-10(8-16-6-5-14-9-16)15-12-4-2-3-11(12)7-13/h5-6,9-12,15H,2-4,8H2,1H3. The number of nitrogens with zero attached hydrogens (tertiary/aromatic N) is 3. The molecule has 3 unspecified atom stereocenters. The summed E-state index contributed by atoms with van der Waals surface area (Å²) in [4.78, 5) is 4.02. The first kappa shape index (κ1) is 11.2. The van der Waals surface area contributed by atoms with Gasteiger partial charge in [0.2, 0.25) is 0 Å². The first-order valence-corrected chi connectivity index (χ1v) is 5.91. The van der Waals surface area contributed by atoms with E-state index in [2.05, 4.69) is 27.9 Å². The Morgan fingerprint density at radius 1 is 1.62 bits per heavy atom. The average Bonchev–Trinajstić information content (AvgIpc) is 2.88. The molecular weight excluding hydrogens is 200 g/mol. The van der Waals surface area contributed by atoms with Gasteiger partial charge in [0.25, 0.3) is 0 Å². The van der Waals surface area contributed by atoms with Gasteiger partial charge in [-0.1, -0.05) is 6.42 Å². The summed E-state index contributed by atoms with van der Waals surface area (Å²) in [6, 6.07) is 3.16. The van der Waals surface area contributed by atoms with E-state index < -0.39 is 0 Å². The van der Waals surface area contributed by atoms with Crippen LogP contribution in [0.25, 0.3) is 0 Å². The predicted octanol–water partition coefficient (Wildman–Crippen LogP) is 1.55. The minimum Gasteiger partial charge on any atom is -0.336 e. The summed E-state index contributed by atoms with van der Waals surface area (Å²) in [7, 11) is 0. The Labute approximate surface area is 96.3 Å². The molecule has 1 aliphatic rings. The van der Waals surface area contributed by atoms with Crippen LogP contribution in [0.15, 0.2) is 18.7 Å². The fraction of sp³-hybridized carbons (Fsp3) is 0.667. The quantitative estimate of drug-likeness (QED) is 0.834. The van der Waals surface area contributed by atoms with Crippen LogP contribution in [0.2, 0.25) is 0 Å². The van der Waals surface area contributed by atoms with Gasteiger partial charge in [-0.05, 0) is 19.8 Å². The van der Waals surface area contributed by atoms with Crippen LogP contribution in [-0.2, 0) is 6.54 Å². The van der Waals surface area contributed by atoms with Crippen LogP contribution < -0.4 is 5.32 Å². The average molecular weight is 218 g/mol. The summed E-state index contributed by atoms with van der Waals surface area (Å²) in [5, 5.41) is 12.5. The summed E-state index contributed by atoms with van der Waals surface area (Å²) < 4.78 is 2.06. The monoisotopic (exact) mass is 218 g/mol. The fourth-order valence-corrected chi connectivity index (χ4v) is 2.44. The Hall–Kier alpha value is -1.34. The van der Waals surface area contributed by atoms with Gasteiger partial charge in [0, 0.05) is 31.0 Å². The largest absolute Gasteiger partial charge is 0.336 e. The molecule has 0 radical (unpaired) electrons. The van der Waals surface area contributed by atoms with E-state index in [4.69, 9.17) is 5.26 Å². The van der Waals surface area contributed by atoms with E-state index in [0.717, 1.165) is 19.4 Å². The SMILES string of the molecule is CC(Cn1ccnc1)NC1CCCC1C#N. The van der Waals surface area contributed by atoms with Crippen molar-refractivity contribution in [2.45, 2.75) is 44.8 Å². The Morgan fingerprint density at radius 3 is 3.19 bits per heavy atom. The molecule has 1 N–H and O–H groups in total. The maximum absolute atomic E-state index is 9.00. The van der Waals surface area contributed by atoms with Crippen molar-refractivity contribution in [2.24, 2.45) is 5.92 Å². The zero-order valence-electron chi connectivity index (χ0n) is 9.63. The molecule has 0 saturated heterocycles. The molecule has 2 rings (SSSR count). The van der Waals surface area contributed by atoms with Crippen molar-refractivity contribution in [1.29, 1.82) is 5.26 Å². The zero-order chi connectivity index (χ0) is 11.4. The summed E-state index contributed by atoms with van der Waals surface area (Å²) in [5.41, 5.74) is 0. The summed E-state index contributed by atoms with van der Waals surface area (Å²) >= 11 is 0. The number of rotatable bonds is 4. The molecule has 1 aromatic heterocycles. The van der Waals surface area contributed by atoms with Crippen molar-refractivity contribution in [3.8, 4) is 6.07 Å². The lowest BCUT2D eigenvalue weighted by molar-refractivity contribution is 0.381. The van der Waals surface area contributed by atoms with Gasteiger partial charge in [0.05, 0.1) is 18.3 Å². The van der Waals surface area contributed by atoms with Gasteiger partial charge in [0.1, 0.15) is 0 Å². The lowest BCUT2D eigenvalue weighted by Crippen LogP contribution is -2.40. The summed E-state index contributed by atoms with van der Waals surface area (Å²) in [6.07, 6.45) is 8.94. The molecule has 1 fully saturated rings. The van der Waals surface area contributed by atoms with E-state index in [-0.39, 0.29) is 5.92 Å². The van der Waals surface area contributed by atoms with Gasteiger partial charge in [-0.15, -0.1) is 0 Å². The Balaban J connectivity index is 1.83. The molecule has 16 heavy (non-hydrogen) atoms. The van der Waals surface area contributed by atoms with E-state index in [1.807, 2.05) is 12.5 Å². The molecule has 4 heteroatoms. The number of hydrogen-bond acceptors (Lipinski definition) is 3. The van der Waals surface area contributed by atoms with Crippen LogP contribution in [0.4, 0.5) is 0 Å². The van der Waals surface area contributed by atoms with E-state index in [1.54, 1.807) is 6.20 Å². The van der Waals surface area contributed by atoms with E-state index in [9.17, 15) is 0 Å². The fourth-order valence-electron chi connectivity index (χ4n) is 2.44. The van der Waals surface area contributed by atoms with Crippen molar-refractivity contribution in [3.05, 3.63) is 18.7 Å². The molecule has 1 aromatic rings. The summed E-state index contributed by atoms with van der Waals surface area (Å²) in [5.74, 6) is 0.199. The lowest BCUT2D eigenvalue weighted by Gasteiger charge is -2.21. The van der Waals surface area contributed by atoms with E-state index in [0.29, 0.717) is 12.1 Å². The number of hydrogen-bond donors (Lipinski definition) is 1. The van der Waals surface area contributed by atoms with Gasteiger partial charge < -0.3 is 9.88 Å². The molecule has 0 bridgehead atoms. The first-order chi connectivity index (χ1) is 7.79. The van der Waals surface area contributed by atoms with Crippen molar-refractivity contribution in [3.63, 3.8) is 0 Å². The molecule has 1 saturated carbocycles. The molecule has 0 amide bonds. The third-order valence-electron chi connectivity index (χ3n) is 3.22. The Morgan fingerprint density at radius 2 is 2.50 bits per heavy atom. The molecule has 1 aliphatic carbocycles. The van der Waals surface area contributed by atoms with Crippen LogP contribution in [0, 0.1) is 17.2 Å². The van der Waals surface area contributed by atoms with Crippen LogP contribution >= 0.6 is 0 Å². The minimum absolute atomic E-state index is 0.199. The van der Waals surface area contributed by atoms with Crippen LogP contribution in [0.1, 0.15) is 26.2 Å². The van der Waals surface area contributed by atoms with Crippen molar-refractivity contribution in [2.75, 3.05) is 0 Å². The molecule has 86 valence electrons. The highest BCUT2D eigenvalue weighted by molar-refractivity contribution is 4.97. The second kappa shape index (κ2) is 5.13. The molecular formula is C12H18N4. The number of nitriles is 1. The predicted molar refractivity (Wildman–Crippen MR) is 61.6 cm³/mol. The second-order valence-corrected chi connectivity index (χ2v) is 4.60. The van der Waals surface area contributed by atoms with Crippen molar-refractivity contribution < 1.29 is 0 Å². The van der Waals surface area contributed by atoms with Gasteiger partial charge in [-0.3, -0.25) is 0 Å². The van der Waals surface area contributed by atoms with Crippen molar-refractivity contribution >= 4 is 0 Å². The smallest absolute Gasteiger partial charge is 0.0946 e. The first-order valence-electron chi connectivity index (χ1n) is 5.91. The third kappa shape index (κ3) is 2.61. The van der Waals surface area contributed by atoms with Gasteiger partial charge in [-0.2, -0.15) is 5.26 Å². The van der Waals surface area contributed by atoms with Gasteiger partial charge >= 0.3 is 0 Å². The van der Waals surface area contributed by atoms with Crippen LogP contribution in [-0.4, -0.2) is 21.6 Å². The molecule has 3 atom stereocenters.